The molecule has 0 fully saturated rings. The Bertz CT molecular complexity index is 1740. The van der Waals surface area contributed by atoms with Crippen LogP contribution in [-0.2, 0) is 16.1 Å². The number of hydrogen-bond acceptors (Lipinski definition) is 6. The maximum absolute atomic E-state index is 13.3. The SMILES string of the molecule is CCC(=O)OC(CNc1ccccc1C(=O)c1ccccc1)c1ccc(-c2ccccc2)c(CNCC(=O)c2ccccc2)c1. The summed E-state index contributed by atoms with van der Waals surface area (Å²) in [4.78, 5) is 38.6. The third kappa shape index (κ3) is 8.19. The standard InChI is InChI=1S/C39H36N2O4/c1-2-38(43)45-37(27-41-35-21-13-12-20-34(35)39(44)30-18-10-5-11-19-30)31-22-23-33(28-14-6-3-7-15-28)32(24-31)25-40-26-36(42)29-16-8-4-9-17-29/h3-24,37,40-41H,2,25-27H2,1H3. The molecule has 5 rings (SSSR count). The summed E-state index contributed by atoms with van der Waals surface area (Å²) >= 11 is 0. The van der Waals surface area contributed by atoms with Crippen LogP contribution in [0, 0.1) is 0 Å². The molecular weight excluding hydrogens is 560 g/mol. The van der Waals surface area contributed by atoms with Crippen molar-refractivity contribution in [3.05, 3.63) is 161 Å². The first kappa shape index (κ1) is 31.1. The maximum Gasteiger partial charge on any atom is 0.306 e. The first-order valence-electron chi connectivity index (χ1n) is 15.1. The van der Waals surface area contributed by atoms with Crippen LogP contribution in [0.15, 0.2) is 133 Å². The number of rotatable bonds is 14. The van der Waals surface area contributed by atoms with E-state index in [-0.39, 0.29) is 37.0 Å². The zero-order valence-electron chi connectivity index (χ0n) is 25.2. The fraction of sp³-hybridized carbons (Fsp3) is 0.154. The molecule has 0 aliphatic rings. The highest BCUT2D eigenvalue weighted by Crippen LogP contribution is 2.29. The molecule has 6 heteroatoms. The van der Waals surface area contributed by atoms with E-state index in [1.54, 1.807) is 25.1 Å². The van der Waals surface area contributed by atoms with Crippen LogP contribution in [0.2, 0.25) is 0 Å². The van der Waals surface area contributed by atoms with E-state index in [1.807, 2.05) is 115 Å². The summed E-state index contributed by atoms with van der Waals surface area (Å²) in [5.74, 6) is -0.405. The predicted molar refractivity (Wildman–Crippen MR) is 178 cm³/mol. The molecule has 0 saturated heterocycles. The van der Waals surface area contributed by atoms with Crippen LogP contribution in [0.1, 0.15) is 56.9 Å². The van der Waals surface area contributed by atoms with Gasteiger partial charge in [-0.25, -0.2) is 0 Å². The molecule has 0 radical (unpaired) electrons. The largest absolute Gasteiger partial charge is 0.456 e. The van der Waals surface area contributed by atoms with E-state index in [0.717, 1.165) is 22.3 Å². The van der Waals surface area contributed by atoms with Crippen LogP contribution in [0.25, 0.3) is 11.1 Å². The molecule has 0 bridgehead atoms. The van der Waals surface area contributed by atoms with Crippen LogP contribution in [0.4, 0.5) is 5.69 Å². The summed E-state index contributed by atoms with van der Waals surface area (Å²) in [7, 11) is 0. The van der Waals surface area contributed by atoms with Gasteiger partial charge in [0.1, 0.15) is 6.10 Å². The molecule has 1 unspecified atom stereocenters. The van der Waals surface area contributed by atoms with Crippen molar-refractivity contribution in [1.82, 2.24) is 5.32 Å². The molecule has 5 aromatic rings. The number of Topliss-reactive ketones (excluding diaryl/α,β-unsaturated/α-hetero) is 1. The smallest absolute Gasteiger partial charge is 0.306 e. The highest BCUT2D eigenvalue weighted by Gasteiger charge is 2.20. The molecule has 0 aliphatic carbocycles. The molecule has 0 heterocycles. The third-order valence-corrected chi connectivity index (χ3v) is 7.53. The van der Waals surface area contributed by atoms with Gasteiger partial charge in [0.15, 0.2) is 11.6 Å². The van der Waals surface area contributed by atoms with E-state index in [2.05, 4.69) is 10.6 Å². The summed E-state index contributed by atoms with van der Waals surface area (Å²) < 4.78 is 5.93. The minimum Gasteiger partial charge on any atom is -0.456 e. The van der Waals surface area contributed by atoms with Crippen molar-refractivity contribution in [2.75, 3.05) is 18.4 Å². The van der Waals surface area contributed by atoms with Crippen LogP contribution >= 0.6 is 0 Å². The lowest BCUT2D eigenvalue weighted by Crippen LogP contribution is -2.23. The van der Waals surface area contributed by atoms with Crippen molar-refractivity contribution in [1.29, 1.82) is 0 Å². The van der Waals surface area contributed by atoms with Crippen molar-refractivity contribution in [2.45, 2.75) is 26.0 Å². The molecular formula is C39H36N2O4. The fourth-order valence-electron chi connectivity index (χ4n) is 5.15. The Morgan fingerprint density at radius 1 is 0.711 bits per heavy atom. The molecule has 0 aliphatic heterocycles. The van der Waals surface area contributed by atoms with Crippen molar-refractivity contribution in [3.8, 4) is 11.1 Å². The lowest BCUT2D eigenvalue weighted by molar-refractivity contribution is -0.148. The van der Waals surface area contributed by atoms with E-state index in [9.17, 15) is 14.4 Å². The minimum absolute atomic E-state index is 0.00989. The highest BCUT2D eigenvalue weighted by molar-refractivity contribution is 6.12. The highest BCUT2D eigenvalue weighted by atomic mass is 16.5. The number of carbonyl (C=O) groups is 3. The second-order valence-corrected chi connectivity index (χ2v) is 10.6. The van der Waals surface area contributed by atoms with E-state index in [4.69, 9.17) is 4.74 Å². The van der Waals surface area contributed by atoms with E-state index in [1.165, 1.54) is 0 Å². The van der Waals surface area contributed by atoms with Gasteiger partial charge >= 0.3 is 5.97 Å². The van der Waals surface area contributed by atoms with Crippen molar-refractivity contribution >= 4 is 23.2 Å². The molecule has 0 amide bonds. The zero-order valence-corrected chi connectivity index (χ0v) is 25.2. The molecule has 0 aromatic heterocycles. The number of ketones is 2. The number of hydrogen-bond donors (Lipinski definition) is 2. The number of benzene rings is 5. The second-order valence-electron chi connectivity index (χ2n) is 10.6. The minimum atomic E-state index is -0.619. The molecule has 6 nitrogen and oxygen atoms in total. The van der Waals surface area contributed by atoms with Crippen LogP contribution in [0.5, 0.6) is 0 Å². The van der Waals surface area contributed by atoms with Gasteiger partial charge in [0.25, 0.3) is 0 Å². The van der Waals surface area contributed by atoms with Gasteiger partial charge in [-0.05, 0) is 34.4 Å². The van der Waals surface area contributed by atoms with E-state index >= 15 is 0 Å². The monoisotopic (exact) mass is 596 g/mol. The van der Waals surface area contributed by atoms with Gasteiger partial charge in [0, 0.05) is 35.3 Å². The number of ether oxygens (including phenoxy) is 1. The molecule has 2 N–H and O–H groups in total. The summed E-state index contributed by atoms with van der Waals surface area (Å²) in [6.07, 6.45) is -0.385. The van der Waals surface area contributed by atoms with Crippen LogP contribution in [-0.4, -0.2) is 30.6 Å². The maximum atomic E-state index is 13.3. The second kappa shape index (κ2) is 15.4. The van der Waals surface area contributed by atoms with Crippen LogP contribution in [0.3, 0.4) is 0 Å². The number of para-hydroxylation sites is 1. The molecule has 0 spiro atoms. The quantitative estimate of drug-likeness (QED) is 0.101. The Morgan fingerprint density at radius 2 is 1.33 bits per heavy atom. The topological polar surface area (TPSA) is 84.5 Å². The third-order valence-electron chi connectivity index (χ3n) is 7.53. The van der Waals surface area contributed by atoms with Gasteiger partial charge in [-0.1, -0.05) is 128 Å². The summed E-state index contributed by atoms with van der Waals surface area (Å²) in [6.45, 7) is 2.64. The van der Waals surface area contributed by atoms with Crippen molar-refractivity contribution in [3.63, 3.8) is 0 Å². The van der Waals surface area contributed by atoms with Gasteiger partial charge in [-0.15, -0.1) is 0 Å². The average Bonchev–Trinajstić information content (AvgIpc) is 3.10. The summed E-state index contributed by atoms with van der Waals surface area (Å²) in [6, 6.07) is 41.8. The normalized spacial score (nSPS) is 11.4. The first-order valence-corrected chi connectivity index (χ1v) is 15.1. The molecule has 5 aromatic carbocycles. The van der Waals surface area contributed by atoms with E-state index in [0.29, 0.717) is 28.9 Å². The summed E-state index contributed by atoms with van der Waals surface area (Å²) in [5.41, 5.74) is 6.29. The fourth-order valence-corrected chi connectivity index (χ4v) is 5.15. The van der Waals surface area contributed by atoms with Gasteiger partial charge in [-0.2, -0.15) is 0 Å². The predicted octanol–water partition coefficient (Wildman–Crippen LogP) is 7.66. The Labute approximate surface area is 264 Å². The van der Waals surface area contributed by atoms with Gasteiger partial charge in [-0.3, -0.25) is 14.4 Å². The average molecular weight is 597 g/mol. The van der Waals surface area contributed by atoms with E-state index < -0.39 is 6.10 Å². The Hall–Kier alpha value is -5.33. The number of carbonyl (C=O) groups excluding carboxylic acids is 3. The number of esters is 1. The number of nitrogens with one attached hydrogen (secondary N) is 2. The Kier molecular flexibility index (Phi) is 10.7. The summed E-state index contributed by atoms with van der Waals surface area (Å²) in [5, 5.41) is 6.69. The lowest BCUT2D eigenvalue weighted by Gasteiger charge is -2.22. The van der Waals surface area contributed by atoms with Crippen LogP contribution < -0.4 is 10.6 Å². The molecule has 45 heavy (non-hydrogen) atoms. The Morgan fingerprint density at radius 3 is 2.02 bits per heavy atom. The van der Waals surface area contributed by atoms with Crippen molar-refractivity contribution < 1.29 is 19.1 Å². The lowest BCUT2D eigenvalue weighted by atomic mass is 9.95. The zero-order chi connectivity index (χ0) is 31.4. The first-order chi connectivity index (χ1) is 22.0. The Balaban J connectivity index is 1.40. The molecule has 226 valence electrons. The van der Waals surface area contributed by atoms with Gasteiger partial charge in [0.2, 0.25) is 0 Å². The molecule has 0 saturated carbocycles. The van der Waals surface area contributed by atoms with Crippen molar-refractivity contribution in [2.24, 2.45) is 0 Å². The molecule has 1 atom stereocenters. The number of anilines is 1. The van der Waals surface area contributed by atoms with Gasteiger partial charge in [0.05, 0.1) is 13.1 Å². The van der Waals surface area contributed by atoms with Gasteiger partial charge < -0.3 is 15.4 Å².